The highest BCUT2D eigenvalue weighted by molar-refractivity contribution is 7.89. The summed E-state index contributed by atoms with van der Waals surface area (Å²) in [5.74, 6) is 0.363. The third kappa shape index (κ3) is 4.83. The van der Waals surface area contributed by atoms with E-state index in [9.17, 15) is 13.2 Å². The fourth-order valence-corrected chi connectivity index (χ4v) is 3.60. The van der Waals surface area contributed by atoms with Crippen LogP contribution in [-0.4, -0.2) is 34.5 Å². The first-order valence-electron chi connectivity index (χ1n) is 8.38. The largest absolute Gasteiger partial charge is 0.495 e. The summed E-state index contributed by atoms with van der Waals surface area (Å²) in [5.41, 5.74) is 1.68. The molecule has 6 nitrogen and oxygen atoms in total. The number of aryl methyl sites for hydroxylation is 1. The van der Waals surface area contributed by atoms with Crippen LogP contribution in [0.15, 0.2) is 53.4 Å². The van der Waals surface area contributed by atoms with Gasteiger partial charge in [-0.05, 0) is 36.2 Å². The number of hydrogen-bond acceptors (Lipinski definition) is 4. The van der Waals surface area contributed by atoms with Gasteiger partial charge in [0, 0.05) is 20.0 Å². The number of carbonyl (C=O) groups is 1. The molecule has 0 fully saturated rings. The molecule has 2 rings (SSSR count). The molecule has 1 N–H and O–H groups in total. The zero-order chi connectivity index (χ0) is 19.2. The van der Waals surface area contributed by atoms with Gasteiger partial charge in [0.1, 0.15) is 5.75 Å². The van der Waals surface area contributed by atoms with Crippen molar-refractivity contribution < 1.29 is 17.9 Å². The second-order valence-electron chi connectivity index (χ2n) is 5.74. The van der Waals surface area contributed by atoms with Crippen molar-refractivity contribution in [3.63, 3.8) is 0 Å². The van der Waals surface area contributed by atoms with Crippen molar-refractivity contribution in [2.45, 2.75) is 25.2 Å². The molecule has 0 atom stereocenters. The molecule has 0 unspecified atom stereocenters. The number of methoxy groups -OCH3 is 1. The zero-order valence-corrected chi connectivity index (χ0v) is 16.0. The van der Waals surface area contributed by atoms with Gasteiger partial charge in [-0.15, -0.1) is 0 Å². The molecule has 26 heavy (non-hydrogen) atoms. The van der Waals surface area contributed by atoms with Crippen molar-refractivity contribution in [3.05, 3.63) is 54.1 Å². The van der Waals surface area contributed by atoms with Gasteiger partial charge in [-0.3, -0.25) is 4.79 Å². The number of nitrogens with zero attached hydrogens (tertiary/aromatic N) is 1. The molecule has 2 aromatic carbocycles. The lowest BCUT2D eigenvalue weighted by Gasteiger charge is -2.23. The van der Waals surface area contributed by atoms with Gasteiger partial charge < -0.3 is 9.64 Å². The normalized spacial score (nSPS) is 11.2. The van der Waals surface area contributed by atoms with Gasteiger partial charge in [0.2, 0.25) is 15.9 Å². The average Bonchev–Trinajstić information content (AvgIpc) is 2.65. The van der Waals surface area contributed by atoms with Crippen LogP contribution in [0, 0.1) is 0 Å². The molecule has 0 spiro atoms. The summed E-state index contributed by atoms with van der Waals surface area (Å²) in [6.07, 6.45) is 0.847. The SMILES string of the molecule is CCc1ccc(S(=O)(=O)NCCN(C(C)=O)c2ccccc2OC)cc1. The maximum absolute atomic E-state index is 12.4. The number of anilines is 1. The van der Waals surface area contributed by atoms with E-state index in [4.69, 9.17) is 4.74 Å². The Morgan fingerprint density at radius 2 is 1.77 bits per heavy atom. The molecule has 0 aliphatic carbocycles. The lowest BCUT2D eigenvalue weighted by molar-refractivity contribution is -0.116. The number of nitrogens with one attached hydrogen (secondary N) is 1. The number of amides is 1. The van der Waals surface area contributed by atoms with E-state index < -0.39 is 10.0 Å². The van der Waals surface area contributed by atoms with Crippen molar-refractivity contribution in [2.75, 3.05) is 25.1 Å². The highest BCUT2D eigenvalue weighted by atomic mass is 32.2. The van der Waals surface area contributed by atoms with Gasteiger partial charge in [0.25, 0.3) is 0 Å². The lowest BCUT2D eigenvalue weighted by atomic mass is 10.2. The number of carbonyl (C=O) groups excluding carboxylic acids is 1. The van der Waals surface area contributed by atoms with Crippen LogP contribution >= 0.6 is 0 Å². The van der Waals surface area contributed by atoms with E-state index in [-0.39, 0.29) is 23.9 Å². The minimum atomic E-state index is -3.62. The number of para-hydroxylation sites is 2. The molecule has 0 saturated heterocycles. The summed E-state index contributed by atoms with van der Waals surface area (Å²) in [6, 6.07) is 13.9. The molecule has 140 valence electrons. The van der Waals surface area contributed by atoms with Gasteiger partial charge in [-0.25, -0.2) is 13.1 Å². The van der Waals surface area contributed by atoms with Crippen LogP contribution in [0.2, 0.25) is 0 Å². The number of ether oxygens (including phenoxy) is 1. The first kappa shape index (κ1) is 19.9. The maximum atomic E-state index is 12.4. The molecule has 0 heterocycles. The molecule has 0 radical (unpaired) electrons. The van der Waals surface area contributed by atoms with Crippen LogP contribution in [0.5, 0.6) is 5.75 Å². The number of rotatable bonds is 8. The third-order valence-corrected chi connectivity index (χ3v) is 5.50. The Hall–Kier alpha value is -2.38. The third-order valence-electron chi connectivity index (χ3n) is 4.03. The predicted molar refractivity (Wildman–Crippen MR) is 102 cm³/mol. The van der Waals surface area contributed by atoms with Crippen LogP contribution in [0.3, 0.4) is 0 Å². The summed E-state index contributed by atoms with van der Waals surface area (Å²) < 4.78 is 32.6. The molecule has 2 aromatic rings. The van der Waals surface area contributed by atoms with E-state index in [0.717, 1.165) is 12.0 Å². The second-order valence-corrected chi connectivity index (χ2v) is 7.50. The van der Waals surface area contributed by atoms with Crippen LogP contribution in [0.4, 0.5) is 5.69 Å². The molecule has 0 bridgehead atoms. The summed E-state index contributed by atoms with van der Waals surface area (Å²) in [4.78, 5) is 13.7. The lowest BCUT2D eigenvalue weighted by Crippen LogP contribution is -2.37. The summed E-state index contributed by atoms with van der Waals surface area (Å²) >= 11 is 0. The van der Waals surface area contributed by atoms with Gasteiger partial charge in [-0.1, -0.05) is 31.2 Å². The smallest absolute Gasteiger partial charge is 0.240 e. The molecule has 0 saturated carbocycles. The van der Waals surface area contributed by atoms with E-state index in [1.54, 1.807) is 42.5 Å². The van der Waals surface area contributed by atoms with E-state index in [0.29, 0.717) is 11.4 Å². The molecular formula is C19H24N2O4S. The Kier molecular flexibility index (Phi) is 6.76. The van der Waals surface area contributed by atoms with Crippen LogP contribution < -0.4 is 14.4 Å². The Balaban J connectivity index is 2.08. The monoisotopic (exact) mass is 376 g/mol. The topological polar surface area (TPSA) is 75.7 Å². The van der Waals surface area contributed by atoms with Crippen molar-refractivity contribution in [2.24, 2.45) is 0 Å². The first-order valence-corrected chi connectivity index (χ1v) is 9.87. The highest BCUT2D eigenvalue weighted by Gasteiger charge is 2.18. The van der Waals surface area contributed by atoms with Crippen molar-refractivity contribution >= 4 is 21.6 Å². The molecule has 0 aliphatic heterocycles. The second kappa shape index (κ2) is 8.82. The Bertz CT molecular complexity index is 848. The Morgan fingerprint density at radius 1 is 1.12 bits per heavy atom. The fraction of sp³-hybridized carbons (Fsp3) is 0.316. The van der Waals surface area contributed by atoms with Crippen LogP contribution in [0.1, 0.15) is 19.4 Å². The highest BCUT2D eigenvalue weighted by Crippen LogP contribution is 2.27. The van der Waals surface area contributed by atoms with Crippen LogP contribution in [0.25, 0.3) is 0 Å². The van der Waals surface area contributed by atoms with Gasteiger partial charge in [0.05, 0.1) is 17.7 Å². The van der Waals surface area contributed by atoms with Crippen molar-refractivity contribution in [1.82, 2.24) is 4.72 Å². The van der Waals surface area contributed by atoms with E-state index >= 15 is 0 Å². The fourth-order valence-electron chi connectivity index (χ4n) is 2.58. The predicted octanol–water partition coefficient (Wildman–Crippen LogP) is 2.59. The Morgan fingerprint density at radius 3 is 2.35 bits per heavy atom. The summed E-state index contributed by atoms with van der Waals surface area (Å²) in [5, 5.41) is 0. The first-order chi connectivity index (χ1) is 12.4. The minimum Gasteiger partial charge on any atom is -0.495 e. The Labute approximate surface area is 154 Å². The van der Waals surface area contributed by atoms with Crippen molar-refractivity contribution in [1.29, 1.82) is 0 Å². The quantitative estimate of drug-likeness (QED) is 0.768. The number of sulfonamides is 1. The maximum Gasteiger partial charge on any atom is 0.240 e. The molecule has 7 heteroatoms. The standard InChI is InChI=1S/C19H24N2O4S/c1-4-16-9-11-17(12-10-16)26(23,24)20-13-14-21(15(2)22)18-7-5-6-8-19(18)25-3/h5-12,20H,4,13-14H2,1-3H3. The molecule has 1 amide bonds. The number of benzene rings is 2. The number of hydrogen-bond donors (Lipinski definition) is 1. The zero-order valence-electron chi connectivity index (χ0n) is 15.2. The summed E-state index contributed by atoms with van der Waals surface area (Å²) in [7, 11) is -2.10. The minimum absolute atomic E-state index is 0.0927. The van der Waals surface area contributed by atoms with E-state index in [2.05, 4.69) is 4.72 Å². The molecule has 0 aliphatic rings. The van der Waals surface area contributed by atoms with Crippen LogP contribution in [-0.2, 0) is 21.2 Å². The molecule has 0 aromatic heterocycles. The summed E-state index contributed by atoms with van der Waals surface area (Å²) in [6.45, 7) is 3.73. The average molecular weight is 376 g/mol. The van der Waals surface area contributed by atoms with E-state index in [1.165, 1.54) is 18.9 Å². The van der Waals surface area contributed by atoms with Gasteiger partial charge in [-0.2, -0.15) is 0 Å². The van der Waals surface area contributed by atoms with E-state index in [1.807, 2.05) is 13.0 Å². The van der Waals surface area contributed by atoms with Crippen molar-refractivity contribution in [3.8, 4) is 5.75 Å². The van der Waals surface area contributed by atoms with Gasteiger partial charge in [0.15, 0.2) is 0 Å². The van der Waals surface area contributed by atoms with Gasteiger partial charge >= 0.3 is 0 Å². The molecular weight excluding hydrogens is 352 g/mol.